The summed E-state index contributed by atoms with van der Waals surface area (Å²) in [5.41, 5.74) is 1.06. The van der Waals surface area contributed by atoms with Crippen LogP contribution in [0.2, 0.25) is 0 Å². The monoisotopic (exact) mass is 271 g/mol. The lowest BCUT2D eigenvalue weighted by atomic mass is 10.2. The Labute approximate surface area is 113 Å². The van der Waals surface area contributed by atoms with E-state index in [9.17, 15) is 4.21 Å². The summed E-state index contributed by atoms with van der Waals surface area (Å²) in [6, 6.07) is 2.56. The van der Waals surface area contributed by atoms with Gasteiger partial charge in [0.1, 0.15) is 0 Å². The van der Waals surface area contributed by atoms with Crippen molar-refractivity contribution in [2.45, 2.75) is 46.2 Å². The molecule has 1 aromatic rings. The number of hydrogen-bond acceptors (Lipinski definition) is 3. The Morgan fingerprint density at radius 1 is 1.39 bits per heavy atom. The van der Waals surface area contributed by atoms with Crippen molar-refractivity contribution in [3.05, 3.63) is 18.0 Å². The lowest BCUT2D eigenvalue weighted by molar-refractivity contribution is 0.424. The van der Waals surface area contributed by atoms with E-state index in [2.05, 4.69) is 41.2 Å². The first-order chi connectivity index (χ1) is 8.71. The van der Waals surface area contributed by atoms with Crippen molar-refractivity contribution in [1.29, 1.82) is 0 Å². The van der Waals surface area contributed by atoms with Gasteiger partial charge < -0.3 is 5.32 Å². The fraction of sp³-hybridized carbons (Fsp3) is 0.769. The Morgan fingerprint density at radius 2 is 2.11 bits per heavy atom. The topological polar surface area (TPSA) is 46.9 Å². The fourth-order valence-electron chi connectivity index (χ4n) is 1.88. The molecule has 0 spiro atoms. The zero-order valence-corrected chi connectivity index (χ0v) is 12.5. The summed E-state index contributed by atoms with van der Waals surface area (Å²) in [5, 5.41) is 7.85. The molecule has 1 rings (SSSR count). The van der Waals surface area contributed by atoms with Crippen LogP contribution in [0.3, 0.4) is 0 Å². The summed E-state index contributed by atoms with van der Waals surface area (Å²) >= 11 is 0. The standard InChI is InChI=1S/C13H25N3OS/c1-4-13(5-2)16-9-7-12(15-16)11-14-8-10-18(17)6-3/h7,9,13-14H,4-6,8,10-11H2,1-3H3. The normalized spacial score (nSPS) is 13.1. The Morgan fingerprint density at radius 3 is 2.72 bits per heavy atom. The first kappa shape index (κ1) is 15.4. The highest BCUT2D eigenvalue weighted by atomic mass is 32.2. The lowest BCUT2D eigenvalue weighted by Gasteiger charge is -2.12. The number of aromatic nitrogens is 2. The first-order valence-corrected chi connectivity index (χ1v) is 8.29. The minimum atomic E-state index is -0.678. The van der Waals surface area contributed by atoms with Gasteiger partial charge in [-0.25, -0.2) is 0 Å². The minimum absolute atomic E-state index is 0.506. The molecule has 0 radical (unpaired) electrons. The average Bonchev–Trinajstić information content (AvgIpc) is 2.84. The number of rotatable bonds is 9. The van der Waals surface area contributed by atoms with E-state index in [1.165, 1.54) is 0 Å². The van der Waals surface area contributed by atoms with Crippen molar-refractivity contribution in [3.63, 3.8) is 0 Å². The molecule has 18 heavy (non-hydrogen) atoms. The van der Waals surface area contributed by atoms with E-state index >= 15 is 0 Å². The van der Waals surface area contributed by atoms with Gasteiger partial charge >= 0.3 is 0 Å². The lowest BCUT2D eigenvalue weighted by Crippen LogP contribution is -2.21. The van der Waals surface area contributed by atoms with Crippen molar-refractivity contribution < 1.29 is 4.21 Å². The van der Waals surface area contributed by atoms with Crippen LogP contribution in [0.15, 0.2) is 12.3 Å². The maximum atomic E-state index is 11.2. The van der Waals surface area contributed by atoms with Gasteiger partial charge in [-0.2, -0.15) is 5.10 Å². The summed E-state index contributed by atoms with van der Waals surface area (Å²) < 4.78 is 13.3. The second-order valence-electron chi connectivity index (χ2n) is 4.37. The van der Waals surface area contributed by atoms with Gasteiger partial charge in [0.25, 0.3) is 0 Å². The molecular weight excluding hydrogens is 246 g/mol. The summed E-state index contributed by atoms with van der Waals surface area (Å²) in [6.45, 7) is 7.88. The average molecular weight is 271 g/mol. The number of nitrogens with one attached hydrogen (secondary N) is 1. The van der Waals surface area contributed by atoms with Crippen LogP contribution in [0.1, 0.15) is 45.3 Å². The van der Waals surface area contributed by atoms with Crippen molar-refractivity contribution >= 4 is 10.8 Å². The third-order valence-corrected chi connectivity index (χ3v) is 4.42. The van der Waals surface area contributed by atoms with Crippen LogP contribution in [0.5, 0.6) is 0 Å². The largest absolute Gasteiger partial charge is 0.310 e. The van der Waals surface area contributed by atoms with Crippen LogP contribution >= 0.6 is 0 Å². The third-order valence-electron chi connectivity index (χ3n) is 3.11. The van der Waals surface area contributed by atoms with Gasteiger partial charge in [0.15, 0.2) is 0 Å². The van der Waals surface area contributed by atoms with Crippen LogP contribution in [0.25, 0.3) is 0 Å². The molecule has 0 aliphatic carbocycles. The van der Waals surface area contributed by atoms with Crippen LogP contribution < -0.4 is 5.32 Å². The first-order valence-electron chi connectivity index (χ1n) is 6.80. The van der Waals surface area contributed by atoms with Crippen molar-refractivity contribution in [3.8, 4) is 0 Å². The Bertz CT molecular complexity index is 361. The van der Waals surface area contributed by atoms with E-state index in [0.29, 0.717) is 6.04 Å². The van der Waals surface area contributed by atoms with Crippen LogP contribution in [0, 0.1) is 0 Å². The highest BCUT2D eigenvalue weighted by molar-refractivity contribution is 7.84. The molecular formula is C13H25N3OS. The summed E-state index contributed by atoms with van der Waals surface area (Å²) in [6.07, 6.45) is 4.28. The quantitative estimate of drug-likeness (QED) is 0.700. The van der Waals surface area contributed by atoms with Crippen molar-refractivity contribution in [2.24, 2.45) is 0 Å². The smallest absolute Gasteiger partial charge is 0.0762 e. The minimum Gasteiger partial charge on any atom is -0.310 e. The highest BCUT2D eigenvalue weighted by Crippen LogP contribution is 2.14. The fourth-order valence-corrected chi connectivity index (χ4v) is 2.55. The molecule has 1 N–H and O–H groups in total. The maximum Gasteiger partial charge on any atom is 0.0762 e. The molecule has 0 fully saturated rings. The van der Waals surface area contributed by atoms with Crippen LogP contribution in [-0.2, 0) is 17.3 Å². The Hall–Kier alpha value is -0.680. The number of hydrogen-bond donors (Lipinski definition) is 1. The molecule has 1 heterocycles. The predicted octanol–water partition coefficient (Wildman–Crippen LogP) is 2.10. The van der Waals surface area contributed by atoms with E-state index in [1.807, 2.05) is 6.92 Å². The molecule has 0 aliphatic rings. The van der Waals surface area contributed by atoms with Gasteiger partial charge in [-0.3, -0.25) is 8.89 Å². The predicted molar refractivity (Wildman–Crippen MR) is 77.1 cm³/mol. The molecule has 0 aromatic carbocycles. The zero-order valence-electron chi connectivity index (χ0n) is 11.7. The Balaban J connectivity index is 2.33. The molecule has 0 saturated heterocycles. The van der Waals surface area contributed by atoms with Gasteiger partial charge in [0.05, 0.1) is 11.7 Å². The third kappa shape index (κ3) is 4.90. The van der Waals surface area contributed by atoms with Gasteiger partial charge in [-0.1, -0.05) is 20.8 Å². The van der Waals surface area contributed by atoms with E-state index in [-0.39, 0.29) is 0 Å². The molecule has 1 aromatic heterocycles. The van der Waals surface area contributed by atoms with E-state index in [0.717, 1.165) is 43.1 Å². The SMILES string of the molecule is CCC(CC)n1ccc(CNCCS(=O)CC)n1. The van der Waals surface area contributed by atoms with E-state index in [4.69, 9.17) is 0 Å². The van der Waals surface area contributed by atoms with Gasteiger partial charge in [-0.15, -0.1) is 0 Å². The van der Waals surface area contributed by atoms with Crippen molar-refractivity contribution in [1.82, 2.24) is 15.1 Å². The molecule has 0 bridgehead atoms. The summed E-state index contributed by atoms with van der Waals surface area (Å²) in [7, 11) is -0.678. The number of nitrogens with zero attached hydrogens (tertiary/aromatic N) is 2. The van der Waals surface area contributed by atoms with Gasteiger partial charge in [0.2, 0.25) is 0 Å². The molecule has 0 aliphatic heterocycles. The molecule has 104 valence electrons. The summed E-state index contributed by atoms with van der Waals surface area (Å²) in [4.78, 5) is 0. The zero-order chi connectivity index (χ0) is 13.4. The van der Waals surface area contributed by atoms with E-state index < -0.39 is 10.8 Å². The second-order valence-corrected chi connectivity index (χ2v) is 6.23. The second kappa shape index (κ2) is 8.43. The van der Waals surface area contributed by atoms with Gasteiger partial charge in [0, 0.05) is 41.6 Å². The van der Waals surface area contributed by atoms with Gasteiger partial charge in [-0.05, 0) is 18.9 Å². The Kier molecular flexibility index (Phi) is 7.20. The van der Waals surface area contributed by atoms with Crippen LogP contribution in [0.4, 0.5) is 0 Å². The molecule has 0 amide bonds. The van der Waals surface area contributed by atoms with Crippen LogP contribution in [-0.4, -0.2) is 32.0 Å². The highest BCUT2D eigenvalue weighted by Gasteiger charge is 2.07. The maximum absolute atomic E-state index is 11.2. The summed E-state index contributed by atoms with van der Waals surface area (Å²) in [5.74, 6) is 1.47. The molecule has 1 unspecified atom stereocenters. The molecule has 5 heteroatoms. The molecule has 1 atom stereocenters. The van der Waals surface area contributed by atoms with E-state index in [1.54, 1.807) is 0 Å². The molecule has 0 saturated carbocycles. The van der Waals surface area contributed by atoms with Crippen molar-refractivity contribution in [2.75, 3.05) is 18.1 Å². The molecule has 4 nitrogen and oxygen atoms in total.